The van der Waals surface area contributed by atoms with Crippen molar-refractivity contribution in [2.75, 3.05) is 20.1 Å². The molecule has 3 heteroatoms. The molecule has 0 bridgehead atoms. The smallest absolute Gasteiger partial charge is 0.0467 e. The molecule has 2 aromatic rings. The van der Waals surface area contributed by atoms with Crippen molar-refractivity contribution in [2.45, 2.75) is 19.4 Å². The average Bonchev–Trinajstić information content (AvgIpc) is 2.90. The Labute approximate surface area is 119 Å². The second-order valence-electron chi connectivity index (χ2n) is 4.98. The SMILES string of the molecule is Cc1cccc(C(CN)N(C)CCc2cccs2)c1. The van der Waals surface area contributed by atoms with Gasteiger partial charge in [0.2, 0.25) is 0 Å². The van der Waals surface area contributed by atoms with Crippen molar-refractivity contribution in [1.29, 1.82) is 0 Å². The number of nitrogens with zero attached hydrogens (tertiary/aromatic N) is 1. The van der Waals surface area contributed by atoms with Gasteiger partial charge in [0, 0.05) is 24.0 Å². The molecule has 102 valence electrons. The summed E-state index contributed by atoms with van der Waals surface area (Å²) in [6, 6.07) is 13.3. The Kier molecular flexibility index (Phi) is 5.14. The van der Waals surface area contributed by atoms with E-state index in [4.69, 9.17) is 5.73 Å². The van der Waals surface area contributed by atoms with E-state index >= 15 is 0 Å². The van der Waals surface area contributed by atoms with Crippen LogP contribution in [0.5, 0.6) is 0 Å². The Morgan fingerprint density at radius 3 is 2.74 bits per heavy atom. The van der Waals surface area contributed by atoms with Crippen LogP contribution in [0.3, 0.4) is 0 Å². The molecule has 0 spiro atoms. The molecule has 0 aliphatic heterocycles. The summed E-state index contributed by atoms with van der Waals surface area (Å²) in [5.74, 6) is 0. The summed E-state index contributed by atoms with van der Waals surface area (Å²) in [6.45, 7) is 3.82. The van der Waals surface area contributed by atoms with Crippen LogP contribution in [0.2, 0.25) is 0 Å². The van der Waals surface area contributed by atoms with Crippen LogP contribution in [0.15, 0.2) is 41.8 Å². The molecule has 2 nitrogen and oxygen atoms in total. The van der Waals surface area contributed by atoms with Crippen molar-refractivity contribution >= 4 is 11.3 Å². The second-order valence-corrected chi connectivity index (χ2v) is 6.01. The Bertz CT molecular complexity index is 493. The molecule has 0 saturated heterocycles. The number of hydrogen-bond acceptors (Lipinski definition) is 3. The Hall–Kier alpha value is -1.16. The molecule has 0 aliphatic carbocycles. The van der Waals surface area contributed by atoms with E-state index in [9.17, 15) is 0 Å². The lowest BCUT2D eigenvalue weighted by Crippen LogP contribution is -2.32. The van der Waals surface area contributed by atoms with Gasteiger partial charge < -0.3 is 5.73 Å². The van der Waals surface area contributed by atoms with Crippen LogP contribution in [0.4, 0.5) is 0 Å². The Morgan fingerprint density at radius 2 is 2.11 bits per heavy atom. The quantitative estimate of drug-likeness (QED) is 0.876. The van der Waals surface area contributed by atoms with Crippen LogP contribution >= 0.6 is 11.3 Å². The highest BCUT2D eigenvalue weighted by Gasteiger charge is 2.15. The van der Waals surface area contributed by atoms with Gasteiger partial charge in [-0.1, -0.05) is 35.9 Å². The third kappa shape index (κ3) is 3.90. The third-order valence-electron chi connectivity index (χ3n) is 3.47. The first-order valence-corrected chi connectivity index (χ1v) is 7.58. The number of rotatable bonds is 6. The molecule has 0 fully saturated rings. The highest BCUT2D eigenvalue weighted by Crippen LogP contribution is 2.20. The molecule has 2 N–H and O–H groups in total. The number of aryl methyl sites for hydroxylation is 1. The highest BCUT2D eigenvalue weighted by atomic mass is 32.1. The van der Waals surface area contributed by atoms with Crippen molar-refractivity contribution in [2.24, 2.45) is 5.73 Å². The predicted molar refractivity (Wildman–Crippen MR) is 83.6 cm³/mol. The number of hydrogen-bond donors (Lipinski definition) is 1. The van der Waals surface area contributed by atoms with Crippen LogP contribution in [0.25, 0.3) is 0 Å². The van der Waals surface area contributed by atoms with Crippen LogP contribution in [-0.4, -0.2) is 25.0 Å². The first-order valence-electron chi connectivity index (χ1n) is 6.70. The largest absolute Gasteiger partial charge is 0.329 e. The normalized spacial score (nSPS) is 12.8. The van der Waals surface area contributed by atoms with Gasteiger partial charge in [-0.2, -0.15) is 0 Å². The zero-order chi connectivity index (χ0) is 13.7. The van der Waals surface area contributed by atoms with Crippen molar-refractivity contribution in [3.05, 3.63) is 57.8 Å². The van der Waals surface area contributed by atoms with Crippen molar-refractivity contribution < 1.29 is 0 Å². The zero-order valence-corrected chi connectivity index (χ0v) is 12.5. The summed E-state index contributed by atoms with van der Waals surface area (Å²) in [7, 11) is 2.16. The average molecular weight is 274 g/mol. The molecule has 0 radical (unpaired) electrons. The maximum Gasteiger partial charge on any atom is 0.0467 e. The van der Waals surface area contributed by atoms with E-state index in [0.717, 1.165) is 13.0 Å². The van der Waals surface area contributed by atoms with Crippen LogP contribution in [0.1, 0.15) is 22.0 Å². The third-order valence-corrected chi connectivity index (χ3v) is 4.41. The number of nitrogens with two attached hydrogens (primary N) is 1. The van der Waals surface area contributed by atoms with Gasteiger partial charge in [0.25, 0.3) is 0 Å². The molecule has 1 heterocycles. The summed E-state index contributed by atoms with van der Waals surface area (Å²) in [4.78, 5) is 3.79. The fourth-order valence-electron chi connectivity index (χ4n) is 2.35. The molecular formula is C16H22N2S. The molecule has 2 rings (SSSR count). The first kappa shape index (κ1) is 14.3. The van der Waals surface area contributed by atoms with E-state index in [2.05, 4.69) is 60.6 Å². The summed E-state index contributed by atoms with van der Waals surface area (Å²) >= 11 is 1.82. The molecule has 1 aromatic heterocycles. The van der Waals surface area contributed by atoms with E-state index < -0.39 is 0 Å². The fourth-order valence-corrected chi connectivity index (χ4v) is 3.04. The van der Waals surface area contributed by atoms with Gasteiger partial charge >= 0.3 is 0 Å². The monoisotopic (exact) mass is 274 g/mol. The maximum atomic E-state index is 5.97. The zero-order valence-electron chi connectivity index (χ0n) is 11.7. The van der Waals surface area contributed by atoms with Crippen molar-refractivity contribution in [3.8, 4) is 0 Å². The van der Waals surface area contributed by atoms with Gasteiger partial charge in [0.05, 0.1) is 0 Å². The van der Waals surface area contributed by atoms with Crippen LogP contribution in [0, 0.1) is 6.92 Å². The number of likely N-dealkylation sites (N-methyl/N-ethyl adjacent to an activating group) is 1. The van der Waals surface area contributed by atoms with Crippen molar-refractivity contribution in [3.63, 3.8) is 0 Å². The Morgan fingerprint density at radius 1 is 1.26 bits per heavy atom. The summed E-state index contributed by atoms with van der Waals surface area (Å²) < 4.78 is 0. The van der Waals surface area contributed by atoms with Crippen LogP contribution < -0.4 is 5.73 Å². The van der Waals surface area contributed by atoms with E-state index in [1.54, 1.807) is 0 Å². The predicted octanol–water partition coefficient (Wildman–Crippen LogP) is 3.23. The summed E-state index contributed by atoms with van der Waals surface area (Å²) in [5, 5.41) is 2.14. The van der Waals surface area contributed by atoms with Crippen molar-refractivity contribution in [1.82, 2.24) is 4.90 Å². The molecule has 0 aliphatic rings. The van der Waals surface area contributed by atoms with Gasteiger partial charge in [-0.25, -0.2) is 0 Å². The van der Waals surface area contributed by atoms with Gasteiger partial charge in [-0.05, 0) is 37.4 Å². The minimum absolute atomic E-state index is 0.305. The van der Waals surface area contributed by atoms with E-state index in [-0.39, 0.29) is 0 Å². The van der Waals surface area contributed by atoms with Gasteiger partial charge in [0.15, 0.2) is 0 Å². The fraction of sp³-hybridized carbons (Fsp3) is 0.375. The van der Waals surface area contributed by atoms with Gasteiger partial charge in [-0.3, -0.25) is 4.90 Å². The maximum absolute atomic E-state index is 5.97. The first-order chi connectivity index (χ1) is 9.20. The minimum atomic E-state index is 0.305. The topological polar surface area (TPSA) is 29.3 Å². The lowest BCUT2D eigenvalue weighted by molar-refractivity contribution is 0.253. The Balaban J connectivity index is 2.00. The minimum Gasteiger partial charge on any atom is -0.329 e. The molecule has 0 amide bonds. The van der Waals surface area contributed by atoms with E-state index in [0.29, 0.717) is 12.6 Å². The van der Waals surface area contributed by atoms with E-state index in [1.807, 2.05) is 11.3 Å². The standard InChI is InChI=1S/C16H22N2S/c1-13-5-3-6-14(11-13)16(12-17)18(2)9-8-15-7-4-10-19-15/h3-7,10-11,16H,8-9,12,17H2,1-2H3. The summed E-state index contributed by atoms with van der Waals surface area (Å²) in [5.41, 5.74) is 8.58. The molecule has 0 saturated carbocycles. The lowest BCUT2D eigenvalue weighted by atomic mass is 10.0. The van der Waals surface area contributed by atoms with Gasteiger partial charge in [-0.15, -0.1) is 11.3 Å². The lowest BCUT2D eigenvalue weighted by Gasteiger charge is -2.27. The molecule has 19 heavy (non-hydrogen) atoms. The van der Waals surface area contributed by atoms with Gasteiger partial charge in [0.1, 0.15) is 0 Å². The molecule has 1 aromatic carbocycles. The molecule has 1 atom stereocenters. The highest BCUT2D eigenvalue weighted by molar-refractivity contribution is 7.09. The van der Waals surface area contributed by atoms with Crippen LogP contribution in [-0.2, 0) is 6.42 Å². The molecular weight excluding hydrogens is 252 g/mol. The summed E-state index contributed by atoms with van der Waals surface area (Å²) in [6.07, 6.45) is 1.09. The number of thiophene rings is 1. The number of benzene rings is 1. The molecule has 1 unspecified atom stereocenters. The second kappa shape index (κ2) is 6.85. The van der Waals surface area contributed by atoms with E-state index in [1.165, 1.54) is 16.0 Å².